The second-order valence-corrected chi connectivity index (χ2v) is 4.06. The number of hydrogen-bond donors (Lipinski definition) is 1. The first kappa shape index (κ1) is 11.8. The molecule has 2 aromatic heterocycles. The first-order chi connectivity index (χ1) is 8.31. The van der Waals surface area contributed by atoms with Crippen LogP contribution in [0.2, 0.25) is 0 Å². The van der Waals surface area contributed by atoms with Crippen LogP contribution in [0.5, 0.6) is 0 Å². The number of nitrogens with zero attached hydrogens (tertiary/aromatic N) is 3. The number of nitrogens with one attached hydrogen (secondary N) is 1. The second-order valence-electron chi connectivity index (χ2n) is 4.06. The Labute approximate surface area is 102 Å². The van der Waals surface area contributed by atoms with Crippen molar-refractivity contribution in [2.45, 2.75) is 19.4 Å². The Morgan fingerprint density at radius 1 is 1.29 bits per heavy atom. The van der Waals surface area contributed by atoms with Crippen LogP contribution in [0.15, 0.2) is 36.7 Å². The molecule has 4 nitrogen and oxygen atoms in total. The molecule has 90 valence electrons. The third kappa shape index (κ3) is 2.91. The van der Waals surface area contributed by atoms with Gasteiger partial charge in [0.15, 0.2) is 0 Å². The van der Waals surface area contributed by atoms with E-state index in [2.05, 4.69) is 22.3 Å². The molecular formula is C13H18N4. The Balaban J connectivity index is 2.25. The Morgan fingerprint density at radius 3 is 2.76 bits per heavy atom. The molecule has 0 radical (unpaired) electrons. The molecule has 1 unspecified atom stereocenters. The van der Waals surface area contributed by atoms with Crippen LogP contribution in [0, 0.1) is 0 Å². The SMILES string of the molecule is CCCNC(c1ccccn1)c1ccn(C)n1. The van der Waals surface area contributed by atoms with Gasteiger partial charge in [0.2, 0.25) is 0 Å². The van der Waals surface area contributed by atoms with Crippen LogP contribution < -0.4 is 5.32 Å². The van der Waals surface area contributed by atoms with Gasteiger partial charge in [0, 0.05) is 19.4 Å². The normalized spacial score (nSPS) is 12.6. The highest BCUT2D eigenvalue weighted by Gasteiger charge is 2.16. The van der Waals surface area contributed by atoms with E-state index in [0.29, 0.717) is 0 Å². The summed E-state index contributed by atoms with van der Waals surface area (Å²) >= 11 is 0. The largest absolute Gasteiger partial charge is 0.304 e. The summed E-state index contributed by atoms with van der Waals surface area (Å²) in [5.74, 6) is 0. The zero-order chi connectivity index (χ0) is 12.1. The fourth-order valence-electron chi connectivity index (χ4n) is 1.78. The van der Waals surface area contributed by atoms with Crippen molar-refractivity contribution in [3.8, 4) is 0 Å². The first-order valence-electron chi connectivity index (χ1n) is 5.95. The molecule has 0 saturated heterocycles. The van der Waals surface area contributed by atoms with Crippen LogP contribution in [0.25, 0.3) is 0 Å². The van der Waals surface area contributed by atoms with Gasteiger partial charge in [0.05, 0.1) is 17.4 Å². The van der Waals surface area contributed by atoms with E-state index in [4.69, 9.17) is 0 Å². The van der Waals surface area contributed by atoms with Crippen LogP contribution in [0.3, 0.4) is 0 Å². The molecule has 0 aliphatic heterocycles. The average molecular weight is 230 g/mol. The van der Waals surface area contributed by atoms with Crippen LogP contribution in [0.1, 0.15) is 30.8 Å². The summed E-state index contributed by atoms with van der Waals surface area (Å²) in [6.07, 6.45) is 4.87. The maximum atomic E-state index is 4.45. The van der Waals surface area contributed by atoms with Crippen molar-refractivity contribution < 1.29 is 0 Å². The van der Waals surface area contributed by atoms with Crippen molar-refractivity contribution >= 4 is 0 Å². The third-order valence-corrected chi connectivity index (χ3v) is 2.61. The molecule has 0 saturated carbocycles. The molecule has 1 atom stereocenters. The summed E-state index contributed by atoms with van der Waals surface area (Å²) in [5, 5.41) is 7.93. The van der Waals surface area contributed by atoms with E-state index in [1.807, 2.05) is 48.4 Å². The minimum Gasteiger partial charge on any atom is -0.304 e. The number of aromatic nitrogens is 3. The van der Waals surface area contributed by atoms with E-state index >= 15 is 0 Å². The van der Waals surface area contributed by atoms with Crippen molar-refractivity contribution in [2.75, 3.05) is 6.54 Å². The topological polar surface area (TPSA) is 42.7 Å². The monoisotopic (exact) mass is 230 g/mol. The summed E-state index contributed by atoms with van der Waals surface area (Å²) in [7, 11) is 1.93. The van der Waals surface area contributed by atoms with Gasteiger partial charge in [-0.1, -0.05) is 13.0 Å². The molecule has 0 aliphatic carbocycles. The number of rotatable bonds is 5. The molecule has 0 aromatic carbocycles. The zero-order valence-corrected chi connectivity index (χ0v) is 10.3. The van der Waals surface area contributed by atoms with E-state index < -0.39 is 0 Å². The van der Waals surface area contributed by atoms with E-state index in [9.17, 15) is 0 Å². The molecule has 1 N–H and O–H groups in total. The summed E-state index contributed by atoms with van der Waals surface area (Å²) in [6.45, 7) is 3.11. The van der Waals surface area contributed by atoms with Gasteiger partial charge >= 0.3 is 0 Å². The Kier molecular flexibility index (Phi) is 3.88. The molecule has 4 heteroatoms. The lowest BCUT2D eigenvalue weighted by Crippen LogP contribution is -2.24. The fraction of sp³-hybridized carbons (Fsp3) is 0.385. The fourth-order valence-corrected chi connectivity index (χ4v) is 1.78. The number of aryl methyl sites for hydroxylation is 1. The maximum Gasteiger partial charge on any atom is 0.0943 e. The Bertz CT molecular complexity index is 449. The van der Waals surface area contributed by atoms with Crippen LogP contribution >= 0.6 is 0 Å². The Morgan fingerprint density at radius 2 is 2.18 bits per heavy atom. The van der Waals surface area contributed by atoms with Gasteiger partial charge in [-0.15, -0.1) is 0 Å². The van der Waals surface area contributed by atoms with Gasteiger partial charge in [-0.3, -0.25) is 9.67 Å². The average Bonchev–Trinajstić information content (AvgIpc) is 2.78. The minimum absolute atomic E-state index is 0.0809. The van der Waals surface area contributed by atoms with Crippen molar-refractivity contribution in [3.05, 3.63) is 48.0 Å². The quantitative estimate of drug-likeness (QED) is 0.853. The highest BCUT2D eigenvalue weighted by molar-refractivity contribution is 5.20. The highest BCUT2D eigenvalue weighted by Crippen LogP contribution is 2.17. The predicted octanol–water partition coefficient (Wildman–Crippen LogP) is 1.90. The van der Waals surface area contributed by atoms with Gasteiger partial charge in [0.1, 0.15) is 0 Å². The van der Waals surface area contributed by atoms with Gasteiger partial charge in [-0.05, 0) is 31.2 Å². The molecular weight excluding hydrogens is 212 g/mol. The smallest absolute Gasteiger partial charge is 0.0943 e. The summed E-state index contributed by atoms with van der Waals surface area (Å²) in [4.78, 5) is 4.41. The summed E-state index contributed by atoms with van der Waals surface area (Å²) < 4.78 is 1.82. The van der Waals surface area contributed by atoms with Crippen molar-refractivity contribution in [1.29, 1.82) is 0 Å². The van der Waals surface area contributed by atoms with E-state index in [0.717, 1.165) is 24.4 Å². The molecule has 17 heavy (non-hydrogen) atoms. The molecule has 2 aromatic rings. The lowest BCUT2D eigenvalue weighted by Gasteiger charge is -2.15. The van der Waals surface area contributed by atoms with E-state index in [1.165, 1.54) is 0 Å². The van der Waals surface area contributed by atoms with Gasteiger partial charge < -0.3 is 5.32 Å². The lowest BCUT2D eigenvalue weighted by atomic mass is 10.1. The number of pyridine rings is 1. The second kappa shape index (κ2) is 5.59. The van der Waals surface area contributed by atoms with Gasteiger partial charge in [-0.2, -0.15) is 5.10 Å². The van der Waals surface area contributed by atoms with Gasteiger partial charge in [0.25, 0.3) is 0 Å². The molecule has 0 amide bonds. The van der Waals surface area contributed by atoms with Gasteiger partial charge in [-0.25, -0.2) is 0 Å². The lowest BCUT2D eigenvalue weighted by molar-refractivity contribution is 0.564. The van der Waals surface area contributed by atoms with Crippen molar-refractivity contribution in [3.63, 3.8) is 0 Å². The van der Waals surface area contributed by atoms with Crippen LogP contribution in [-0.2, 0) is 7.05 Å². The predicted molar refractivity (Wildman–Crippen MR) is 67.6 cm³/mol. The minimum atomic E-state index is 0.0809. The summed E-state index contributed by atoms with van der Waals surface area (Å²) in [5.41, 5.74) is 2.03. The van der Waals surface area contributed by atoms with Crippen LogP contribution in [0.4, 0.5) is 0 Å². The summed E-state index contributed by atoms with van der Waals surface area (Å²) in [6, 6.07) is 8.08. The van der Waals surface area contributed by atoms with E-state index in [1.54, 1.807) is 0 Å². The third-order valence-electron chi connectivity index (χ3n) is 2.61. The van der Waals surface area contributed by atoms with E-state index in [-0.39, 0.29) is 6.04 Å². The number of hydrogen-bond acceptors (Lipinski definition) is 3. The highest BCUT2D eigenvalue weighted by atomic mass is 15.3. The molecule has 0 fully saturated rings. The zero-order valence-electron chi connectivity index (χ0n) is 10.3. The molecule has 2 rings (SSSR count). The standard InChI is InChI=1S/C13H18N4/c1-3-8-15-13(11-6-4-5-9-14-11)12-7-10-17(2)16-12/h4-7,9-10,13,15H,3,8H2,1-2H3. The molecule has 0 aliphatic rings. The van der Waals surface area contributed by atoms with Crippen molar-refractivity contribution in [1.82, 2.24) is 20.1 Å². The molecule has 0 spiro atoms. The molecule has 0 bridgehead atoms. The van der Waals surface area contributed by atoms with Crippen LogP contribution in [-0.4, -0.2) is 21.3 Å². The van der Waals surface area contributed by atoms with Crippen molar-refractivity contribution in [2.24, 2.45) is 7.05 Å². The maximum absolute atomic E-state index is 4.45. The Hall–Kier alpha value is -1.68. The molecule has 2 heterocycles. The first-order valence-corrected chi connectivity index (χ1v) is 5.95.